The minimum atomic E-state index is -1.23. The summed E-state index contributed by atoms with van der Waals surface area (Å²) in [6.45, 7) is 11.7. The number of primary amides is 1. The van der Waals surface area contributed by atoms with Gasteiger partial charge in [-0.1, -0.05) is 62.9 Å². The van der Waals surface area contributed by atoms with E-state index in [0.717, 1.165) is 0 Å². The van der Waals surface area contributed by atoms with Crippen LogP contribution in [0.25, 0.3) is 0 Å². The van der Waals surface area contributed by atoms with Gasteiger partial charge in [0.05, 0.1) is 14.1 Å². The first-order valence-electron chi connectivity index (χ1n) is 6.84. The maximum absolute atomic E-state index is 11.3. The van der Waals surface area contributed by atoms with Crippen LogP contribution in [0.15, 0.2) is 24.3 Å². The van der Waals surface area contributed by atoms with E-state index in [4.69, 9.17) is 5.73 Å². The maximum atomic E-state index is 11.3. The van der Waals surface area contributed by atoms with Crippen molar-refractivity contribution in [3.05, 3.63) is 29.8 Å². The summed E-state index contributed by atoms with van der Waals surface area (Å²) in [5.74, 6) is -0.0764. The van der Waals surface area contributed by atoms with Gasteiger partial charge < -0.3 is 11.1 Å². The average Bonchev–Trinajstić information content (AvgIpc) is 2.27. The number of carbonyl (C=O) groups is 1. The summed E-state index contributed by atoms with van der Waals surface area (Å²) in [6, 6.07) is 8.42. The molecule has 0 spiro atoms. The molecule has 106 valence electrons. The molecule has 1 aromatic rings. The lowest BCUT2D eigenvalue weighted by Crippen LogP contribution is -2.44. The van der Waals surface area contributed by atoms with Gasteiger partial charge in [0.1, 0.15) is 0 Å². The van der Waals surface area contributed by atoms with Crippen LogP contribution >= 0.6 is 0 Å². The van der Waals surface area contributed by atoms with Crippen molar-refractivity contribution in [2.75, 3.05) is 0 Å². The molecule has 0 saturated carbocycles. The summed E-state index contributed by atoms with van der Waals surface area (Å²) in [7, 11) is -1.23. The predicted octanol–water partition coefficient (Wildman–Crippen LogP) is 1.83. The van der Waals surface area contributed by atoms with Gasteiger partial charge in [0.2, 0.25) is 5.91 Å². The van der Waals surface area contributed by atoms with Crippen LogP contribution in [-0.2, 0) is 11.3 Å². The van der Waals surface area contributed by atoms with Crippen LogP contribution < -0.4 is 16.2 Å². The molecule has 3 nitrogen and oxygen atoms in total. The van der Waals surface area contributed by atoms with E-state index in [1.807, 2.05) is 13.8 Å². The van der Waals surface area contributed by atoms with E-state index in [-0.39, 0.29) is 17.9 Å². The first-order valence-corrected chi connectivity index (χ1v) is 10.3. The van der Waals surface area contributed by atoms with Crippen LogP contribution in [0.3, 0.4) is 0 Å². The quantitative estimate of drug-likeness (QED) is 0.780. The molecule has 1 amide bonds. The molecule has 1 atom stereocenters. The fourth-order valence-corrected chi connectivity index (χ4v) is 3.18. The average molecular weight is 278 g/mol. The molecule has 3 N–H and O–H groups in total. The highest BCUT2D eigenvalue weighted by molar-refractivity contribution is 6.88. The van der Waals surface area contributed by atoms with Gasteiger partial charge in [-0.25, -0.2) is 0 Å². The standard InChI is InChI=1S/C15H26N2OSi/c1-11(2)14(15(16)18)17-10-12-6-8-13(9-7-12)19(3,4)5/h6-9,11,14,17H,10H2,1-5H3,(H2,16,18). The van der Waals surface area contributed by atoms with Crippen molar-refractivity contribution in [3.8, 4) is 0 Å². The molecule has 0 radical (unpaired) electrons. The first kappa shape index (κ1) is 15.9. The van der Waals surface area contributed by atoms with Gasteiger partial charge in [-0.2, -0.15) is 0 Å². The van der Waals surface area contributed by atoms with Gasteiger partial charge in [-0.15, -0.1) is 0 Å². The van der Waals surface area contributed by atoms with E-state index in [2.05, 4.69) is 49.2 Å². The summed E-state index contributed by atoms with van der Waals surface area (Å²) >= 11 is 0. The summed E-state index contributed by atoms with van der Waals surface area (Å²) in [5.41, 5.74) is 6.58. The van der Waals surface area contributed by atoms with Crippen molar-refractivity contribution in [3.63, 3.8) is 0 Å². The molecule has 1 aromatic carbocycles. The zero-order chi connectivity index (χ0) is 14.6. The van der Waals surface area contributed by atoms with E-state index >= 15 is 0 Å². The molecule has 4 heteroatoms. The second-order valence-electron chi connectivity index (χ2n) is 6.45. The van der Waals surface area contributed by atoms with Crippen LogP contribution in [0.1, 0.15) is 19.4 Å². The van der Waals surface area contributed by atoms with Crippen LogP contribution in [0, 0.1) is 5.92 Å². The number of nitrogens with two attached hydrogens (primary N) is 1. The summed E-state index contributed by atoms with van der Waals surface area (Å²) in [6.07, 6.45) is 0. The van der Waals surface area contributed by atoms with Gasteiger partial charge in [0.15, 0.2) is 0 Å². The van der Waals surface area contributed by atoms with Crippen molar-refractivity contribution in [2.24, 2.45) is 11.7 Å². The minimum Gasteiger partial charge on any atom is -0.368 e. The molecule has 0 bridgehead atoms. The number of carbonyl (C=O) groups excluding carboxylic acids is 1. The molecular weight excluding hydrogens is 252 g/mol. The topological polar surface area (TPSA) is 55.1 Å². The van der Waals surface area contributed by atoms with Crippen molar-refractivity contribution in [2.45, 2.75) is 46.1 Å². The normalized spacial score (nSPS) is 13.6. The van der Waals surface area contributed by atoms with E-state index in [0.29, 0.717) is 6.54 Å². The Morgan fingerprint density at radius 1 is 1.21 bits per heavy atom. The summed E-state index contributed by atoms with van der Waals surface area (Å²) in [5, 5.41) is 4.68. The van der Waals surface area contributed by atoms with Crippen LogP contribution in [0.4, 0.5) is 0 Å². The maximum Gasteiger partial charge on any atom is 0.234 e. The van der Waals surface area contributed by atoms with Gasteiger partial charge >= 0.3 is 0 Å². The highest BCUT2D eigenvalue weighted by atomic mass is 28.3. The summed E-state index contributed by atoms with van der Waals surface area (Å²) < 4.78 is 0. The predicted molar refractivity (Wildman–Crippen MR) is 84.1 cm³/mol. The molecule has 19 heavy (non-hydrogen) atoms. The Morgan fingerprint density at radius 2 is 1.74 bits per heavy atom. The molecule has 0 aliphatic heterocycles. The highest BCUT2D eigenvalue weighted by Crippen LogP contribution is 2.06. The molecule has 1 rings (SSSR count). The molecule has 0 fully saturated rings. The highest BCUT2D eigenvalue weighted by Gasteiger charge is 2.19. The SMILES string of the molecule is CC(C)C(NCc1ccc([Si](C)(C)C)cc1)C(N)=O. The Kier molecular flexibility index (Phi) is 5.32. The number of nitrogens with one attached hydrogen (secondary N) is 1. The minimum absolute atomic E-state index is 0.207. The van der Waals surface area contributed by atoms with Crippen molar-refractivity contribution >= 4 is 19.2 Å². The largest absolute Gasteiger partial charge is 0.368 e. The lowest BCUT2D eigenvalue weighted by molar-refractivity contribution is -0.121. The zero-order valence-corrected chi connectivity index (χ0v) is 13.7. The second kappa shape index (κ2) is 6.35. The van der Waals surface area contributed by atoms with Crippen LogP contribution in [0.5, 0.6) is 0 Å². The smallest absolute Gasteiger partial charge is 0.234 e. The van der Waals surface area contributed by atoms with E-state index in [1.54, 1.807) is 0 Å². The lowest BCUT2D eigenvalue weighted by atomic mass is 10.0. The van der Waals surface area contributed by atoms with E-state index in [1.165, 1.54) is 10.8 Å². The van der Waals surface area contributed by atoms with E-state index < -0.39 is 8.07 Å². The van der Waals surface area contributed by atoms with Gasteiger partial charge in [0, 0.05) is 6.54 Å². The van der Waals surface area contributed by atoms with Gasteiger partial charge in [-0.05, 0) is 11.5 Å². The van der Waals surface area contributed by atoms with Crippen molar-refractivity contribution in [1.82, 2.24) is 5.32 Å². The van der Waals surface area contributed by atoms with Crippen LogP contribution in [-0.4, -0.2) is 20.0 Å². The molecule has 0 aliphatic carbocycles. The Labute approximate surface area is 117 Å². The van der Waals surface area contributed by atoms with Crippen LogP contribution in [0.2, 0.25) is 19.6 Å². The van der Waals surface area contributed by atoms with Gasteiger partial charge in [-0.3, -0.25) is 4.79 Å². The number of benzene rings is 1. The van der Waals surface area contributed by atoms with E-state index in [9.17, 15) is 4.79 Å². The molecule has 1 unspecified atom stereocenters. The molecule has 0 aromatic heterocycles. The first-order chi connectivity index (χ1) is 8.71. The fourth-order valence-electron chi connectivity index (χ4n) is 2.02. The Hall–Kier alpha value is -1.13. The third-order valence-electron chi connectivity index (χ3n) is 3.32. The lowest BCUT2D eigenvalue weighted by Gasteiger charge is -2.20. The zero-order valence-electron chi connectivity index (χ0n) is 12.7. The monoisotopic (exact) mass is 278 g/mol. The third-order valence-corrected chi connectivity index (χ3v) is 5.38. The fraction of sp³-hybridized carbons (Fsp3) is 0.533. The molecular formula is C15H26N2OSi. The molecule has 0 aliphatic rings. The Bertz CT molecular complexity index is 421. The number of rotatable bonds is 6. The van der Waals surface area contributed by atoms with Gasteiger partial charge in [0.25, 0.3) is 0 Å². The number of amides is 1. The second-order valence-corrected chi connectivity index (χ2v) is 11.5. The summed E-state index contributed by atoms with van der Waals surface area (Å²) in [4.78, 5) is 11.3. The van der Waals surface area contributed by atoms with Crippen molar-refractivity contribution < 1.29 is 4.79 Å². The number of hydrogen-bond acceptors (Lipinski definition) is 2. The molecule has 0 heterocycles. The Morgan fingerprint density at radius 3 is 2.11 bits per heavy atom. The number of hydrogen-bond donors (Lipinski definition) is 2. The molecule has 0 saturated heterocycles. The third kappa shape index (κ3) is 4.80. The Balaban J connectivity index is 2.66. The van der Waals surface area contributed by atoms with Crippen molar-refractivity contribution in [1.29, 1.82) is 0 Å².